The van der Waals surface area contributed by atoms with Crippen molar-refractivity contribution < 1.29 is 18.5 Å². The lowest BCUT2D eigenvalue weighted by molar-refractivity contribution is 0.0948. The largest absolute Gasteiger partial charge is 0.489 e. The number of H-pyrrole nitrogens is 1. The van der Waals surface area contributed by atoms with Crippen molar-refractivity contribution in [2.45, 2.75) is 26.6 Å². The SMILES string of the molecule is Cc1cc(C(=O)NCc2ccco2)ccc1-c1cccc(COc2ccc(Cn3oc(=O)[nH]c3=O)cc2)c1. The summed E-state index contributed by atoms with van der Waals surface area (Å²) in [6.07, 6.45) is 1.58. The van der Waals surface area contributed by atoms with Gasteiger partial charge in [0.15, 0.2) is 0 Å². The number of hydrogen-bond donors (Lipinski definition) is 2. The zero-order chi connectivity index (χ0) is 26.5. The van der Waals surface area contributed by atoms with E-state index < -0.39 is 11.4 Å². The second-order valence-corrected chi connectivity index (χ2v) is 8.77. The fourth-order valence-electron chi connectivity index (χ4n) is 4.08. The zero-order valence-corrected chi connectivity index (χ0v) is 20.6. The normalized spacial score (nSPS) is 10.9. The summed E-state index contributed by atoms with van der Waals surface area (Å²) in [5.74, 6) is 0.428. The molecule has 3 aromatic carbocycles. The van der Waals surface area contributed by atoms with Gasteiger partial charge in [-0.1, -0.05) is 36.4 Å². The standard InChI is InChI=1S/C29H25N3O6/c1-19-14-23(27(33)30-16-25-6-3-13-36-25)9-12-26(19)22-5-2-4-21(15-22)18-37-24-10-7-20(8-11-24)17-32-28(34)31-29(35)38-32/h2-15H,16-18H2,1H3,(H,30,33)(H,31,34,35). The first-order valence-corrected chi connectivity index (χ1v) is 12.0. The number of ether oxygens (including phenoxy) is 1. The van der Waals surface area contributed by atoms with Crippen molar-refractivity contribution in [1.82, 2.24) is 15.0 Å². The first-order valence-electron chi connectivity index (χ1n) is 12.0. The van der Waals surface area contributed by atoms with Crippen LogP contribution >= 0.6 is 0 Å². The third-order valence-electron chi connectivity index (χ3n) is 6.01. The Labute approximate surface area is 217 Å². The second-order valence-electron chi connectivity index (χ2n) is 8.77. The van der Waals surface area contributed by atoms with Crippen LogP contribution in [0.1, 0.15) is 32.8 Å². The number of nitrogens with zero attached hydrogens (tertiary/aromatic N) is 1. The molecule has 2 heterocycles. The number of furan rings is 1. The van der Waals surface area contributed by atoms with Crippen LogP contribution in [0.25, 0.3) is 11.1 Å². The maximum Gasteiger partial charge on any atom is 0.440 e. The van der Waals surface area contributed by atoms with E-state index in [4.69, 9.17) is 13.7 Å². The van der Waals surface area contributed by atoms with Crippen LogP contribution in [0.3, 0.4) is 0 Å². The molecule has 0 spiro atoms. The van der Waals surface area contributed by atoms with Crippen molar-refractivity contribution in [3.63, 3.8) is 0 Å². The highest BCUT2D eigenvalue weighted by molar-refractivity contribution is 5.95. The number of aryl methyl sites for hydroxylation is 1. The fourth-order valence-corrected chi connectivity index (χ4v) is 4.08. The van der Waals surface area contributed by atoms with Crippen LogP contribution in [0.4, 0.5) is 0 Å². The van der Waals surface area contributed by atoms with Gasteiger partial charge in [0, 0.05) is 5.56 Å². The number of rotatable bonds is 9. The number of aromatic nitrogens is 2. The minimum atomic E-state index is -0.782. The lowest BCUT2D eigenvalue weighted by atomic mass is 9.97. The van der Waals surface area contributed by atoms with Crippen molar-refractivity contribution in [2.75, 3.05) is 0 Å². The molecule has 0 atom stereocenters. The molecule has 0 aliphatic rings. The Kier molecular flexibility index (Phi) is 7.08. The summed E-state index contributed by atoms with van der Waals surface area (Å²) in [4.78, 5) is 37.3. The van der Waals surface area contributed by atoms with Crippen LogP contribution in [0, 0.1) is 6.92 Å². The lowest BCUT2D eigenvalue weighted by Gasteiger charge is -2.12. The average Bonchev–Trinajstić information content (AvgIpc) is 3.55. The van der Waals surface area contributed by atoms with Gasteiger partial charge in [-0.05, 0) is 77.2 Å². The molecule has 5 aromatic rings. The van der Waals surface area contributed by atoms with E-state index in [2.05, 4.69) is 16.4 Å². The number of benzene rings is 3. The molecule has 0 saturated carbocycles. The van der Waals surface area contributed by atoms with Crippen LogP contribution in [-0.2, 0) is 19.7 Å². The summed E-state index contributed by atoms with van der Waals surface area (Å²) >= 11 is 0. The summed E-state index contributed by atoms with van der Waals surface area (Å²) in [7, 11) is 0. The molecular weight excluding hydrogens is 486 g/mol. The Morgan fingerprint density at radius 3 is 2.53 bits per heavy atom. The van der Waals surface area contributed by atoms with E-state index in [1.165, 1.54) is 0 Å². The molecule has 2 aromatic heterocycles. The zero-order valence-electron chi connectivity index (χ0n) is 20.6. The molecule has 38 heavy (non-hydrogen) atoms. The Morgan fingerprint density at radius 2 is 1.82 bits per heavy atom. The lowest BCUT2D eigenvalue weighted by Crippen LogP contribution is -2.22. The monoisotopic (exact) mass is 511 g/mol. The quantitative estimate of drug-likeness (QED) is 0.305. The van der Waals surface area contributed by atoms with Gasteiger partial charge in [-0.15, -0.1) is 4.74 Å². The maximum absolute atomic E-state index is 12.5. The van der Waals surface area contributed by atoms with E-state index in [0.717, 1.165) is 32.6 Å². The number of nitrogens with one attached hydrogen (secondary N) is 2. The van der Waals surface area contributed by atoms with Crippen molar-refractivity contribution in [2.24, 2.45) is 0 Å². The van der Waals surface area contributed by atoms with E-state index in [1.807, 2.05) is 49.4 Å². The topological polar surface area (TPSA) is 119 Å². The highest BCUT2D eigenvalue weighted by atomic mass is 16.5. The Bertz CT molecular complexity index is 1660. The molecule has 2 N–H and O–H groups in total. The number of carbonyl (C=O) groups is 1. The molecule has 5 rings (SSSR count). The maximum atomic E-state index is 12.5. The van der Waals surface area contributed by atoms with Crippen molar-refractivity contribution in [3.8, 4) is 16.9 Å². The van der Waals surface area contributed by atoms with Gasteiger partial charge in [0.1, 0.15) is 18.1 Å². The van der Waals surface area contributed by atoms with Gasteiger partial charge in [0.2, 0.25) is 0 Å². The van der Waals surface area contributed by atoms with Gasteiger partial charge >= 0.3 is 11.4 Å². The summed E-state index contributed by atoms with van der Waals surface area (Å²) in [6, 6.07) is 24.5. The molecule has 0 aliphatic heterocycles. The number of hydrogen-bond acceptors (Lipinski definition) is 6. The van der Waals surface area contributed by atoms with Gasteiger partial charge in [-0.3, -0.25) is 4.79 Å². The number of carbonyl (C=O) groups excluding carboxylic acids is 1. The van der Waals surface area contributed by atoms with Gasteiger partial charge in [0.25, 0.3) is 5.91 Å². The van der Waals surface area contributed by atoms with Crippen LogP contribution < -0.4 is 21.5 Å². The van der Waals surface area contributed by atoms with E-state index in [-0.39, 0.29) is 12.5 Å². The van der Waals surface area contributed by atoms with E-state index in [0.29, 0.717) is 30.2 Å². The Hall–Kier alpha value is -5.05. The first kappa shape index (κ1) is 24.6. The third-order valence-corrected chi connectivity index (χ3v) is 6.01. The average molecular weight is 512 g/mol. The molecule has 9 nitrogen and oxygen atoms in total. The molecule has 192 valence electrons. The summed E-state index contributed by atoms with van der Waals surface area (Å²) in [6.45, 7) is 2.83. The van der Waals surface area contributed by atoms with Gasteiger partial charge in [-0.25, -0.2) is 14.6 Å². The van der Waals surface area contributed by atoms with E-state index in [1.54, 1.807) is 36.6 Å². The molecule has 0 unspecified atom stereocenters. The van der Waals surface area contributed by atoms with Crippen LogP contribution in [-0.4, -0.2) is 15.6 Å². The third kappa shape index (κ3) is 5.84. The molecule has 0 saturated heterocycles. The van der Waals surface area contributed by atoms with Gasteiger partial charge < -0.3 is 19.0 Å². The molecule has 0 bridgehead atoms. The smallest absolute Gasteiger partial charge is 0.440 e. The second kappa shape index (κ2) is 10.9. The summed E-state index contributed by atoms with van der Waals surface area (Å²) in [5, 5.41) is 2.87. The van der Waals surface area contributed by atoms with Crippen LogP contribution in [0.5, 0.6) is 5.75 Å². The predicted molar refractivity (Wildman–Crippen MR) is 140 cm³/mol. The number of aromatic amines is 1. The predicted octanol–water partition coefficient (Wildman–Crippen LogP) is 4.26. The summed E-state index contributed by atoms with van der Waals surface area (Å²) < 4.78 is 17.0. The fraction of sp³-hybridized carbons (Fsp3) is 0.138. The molecule has 1 amide bonds. The van der Waals surface area contributed by atoms with Gasteiger partial charge in [-0.2, -0.15) is 0 Å². The van der Waals surface area contributed by atoms with E-state index in [9.17, 15) is 14.4 Å². The van der Waals surface area contributed by atoms with Crippen LogP contribution in [0.2, 0.25) is 0 Å². The van der Waals surface area contributed by atoms with Gasteiger partial charge in [0.05, 0.1) is 19.4 Å². The Morgan fingerprint density at radius 1 is 0.974 bits per heavy atom. The molecule has 9 heteroatoms. The molecule has 0 aliphatic carbocycles. The molecule has 0 radical (unpaired) electrons. The van der Waals surface area contributed by atoms with Crippen molar-refractivity contribution in [1.29, 1.82) is 0 Å². The molecular formula is C29H25N3O6. The Balaban J connectivity index is 1.21. The van der Waals surface area contributed by atoms with Crippen molar-refractivity contribution in [3.05, 3.63) is 134 Å². The van der Waals surface area contributed by atoms with E-state index >= 15 is 0 Å². The molecule has 0 fully saturated rings. The minimum Gasteiger partial charge on any atom is -0.489 e. The summed E-state index contributed by atoms with van der Waals surface area (Å²) in [5.41, 5.74) is 4.83. The highest BCUT2D eigenvalue weighted by Crippen LogP contribution is 2.26. The number of amides is 1. The van der Waals surface area contributed by atoms with Crippen LogP contribution in [0.15, 0.2) is 104 Å². The van der Waals surface area contributed by atoms with Crippen molar-refractivity contribution >= 4 is 5.91 Å². The first-order chi connectivity index (χ1) is 18.4. The highest BCUT2D eigenvalue weighted by Gasteiger charge is 2.10. The minimum absolute atomic E-state index is 0.143.